The monoisotopic (exact) mass is 465 g/mol. The summed E-state index contributed by atoms with van der Waals surface area (Å²) in [6.45, 7) is 6.45. The van der Waals surface area contributed by atoms with Crippen LogP contribution in [0.25, 0.3) is 11.5 Å². The lowest BCUT2D eigenvalue weighted by Gasteiger charge is -2.32. The highest BCUT2D eigenvalue weighted by Gasteiger charge is 2.27. The maximum absolute atomic E-state index is 12.9. The zero-order chi connectivity index (χ0) is 23.2. The molecular weight excluding hydrogens is 434 g/mol. The predicted molar refractivity (Wildman–Crippen MR) is 132 cm³/mol. The number of hydrogen-bond donors (Lipinski definition) is 1. The molecule has 2 atom stereocenters. The van der Waals surface area contributed by atoms with Crippen molar-refractivity contribution in [1.82, 2.24) is 15.2 Å². The summed E-state index contributed by atoms with van der Waals surface area (Å²) in [5, 5.41) is 3.92. The van der Waals surface area contributed by atoms with Gasteiger partial charge in [0.15, 0.2) is 0 Å². The molecule has 2 heterocycles. The highest BCUT2D eigenvalue weighted by atomic mass is 35.5. The zero-order valence-corrected chi connectivity index (χ0v) is 20.1. The second-order valence-electron chi connectivity index (χ2n) is 9.04. The van der Waals surface area contributed by atoms with Crippen LogP contribution in [0, 0.1) is 12.8 Å². The van der Waals surface area contributed by atoms with Crippen LogP contribution in [-0.4, -0.2) is 34.9 Å². The van der Waals surface area contributed by atoms with E-state index >= 15 is 0 Å². The molecule has 5 nitrogen and oxygen atoms in total. The number of nitrogens with one attached hydrogen (secondary N) is 1. The summed E-state index contributed by atoms with van der Waals surface area (Å²) in [4.78, 5) is 20.0. The van der Waals surface area contributed by atoms with Gasteiger partial charge in [-0.2, -0.15) is 0 Å². The Bertz CT molecular complexity index is 1050. The number of oxazole rings is 1. The number of benzene rings is 2. The van der Waals surface area contributed by atoms with E-state index in [1.165, 1.54) is 5.56 Å². The molecule has 0 aliphatic carbocycles. The minimum Gasteiger partial charge on any atom is -0.441 e. The molecule has 1 amide bonds. The number of carbonyl (C=O) groups is 1. The number of halogens is 1. The average Bonchev–Trinajstić information content (AvgIpc) is 3.19. The van der Waals surface area contributed by atoms with Gasteiger partial charge in [-0.3, -0.25) is 9.69 Å². The Hall–Kier alpha value is -2.63. The van der Waals surface area contributed by atoms with Crippen LogP contribution in [0.4, 0.5) is 0 Å². The van der Waals surface area contributed by atoms with Crippen LogP contribution in [0.15, 0.2) is 59.0 Å². The van der Waals surface area contributed by atoms with Gasteiger partial charge in [-0.25, -0.2) is 4.98 Å². The van der Waals surface area contributed by atoms with Crippen LogP contribution in [-0.2, 0) is 17.8 Å². The number of rotatable bonds is 8. The summed E-state index contributed by atoms with van der Waals surface area (Å²) in [5.74, 6) is 1.61. The van der Waals surface area contributed by atoms with E-state index in [0.29, 0.717) is 17.5 Å². The number of hydrogen-bond acceptors (Lipinski definition) is 4. The maximum Gasteiger partial charge on any atom is 0.226 e. The van der Waals surface area contributed by atoms with Crippen molar-refractivity contribution in [3.05, 3.63) is 76.6 Å². The highest BCUT2D eigenvalue weighted by molar-refractivity contribution is 6.30. The minimum atomic E-state index is 0.0147. The first-order valence-corrected chi connectivity index (χ1v) is 12.1. The van der Waals surface area contributed by atoms with Crippen LogP contribution in [0.1, 0.15) is 43.2 Å². The van der Waals surface area contributed by atoms with Crippen LogP contribution in [0.2, 0.25) is 5.02 Å². The number of aromatic nitrogens is 1. The fourth-order valence-corrected chi connectivity index (χ4v) is 4.50. The van der Waals surface area contributed by atoms with Gasteiger partial charge >= 0.3 is 0 Å². The lowest BCUT2D eigenvalue weighted by atomic mass is 9.96. The number of piperidine rings is 1. The van der Waals surface area contributed by atoms with E-state index in [0.717, 1.165) is 55.8 Å². The lowest BCUT2D eigenvalue weighted by molar-refractivity contribution is -0.127. The highest BCUT2D eigenvalue weighted by Crippen LogP contribution is 2.25. The Balaban J connectivity index is 1.30. The van der Waals surface area contributed by atoms with Crippen LogP contribution in [0.5, 0.6) is 0 Å². The molecule has 0 unspecified atom stereocenters. The largest absolute Gasteiger partial charge is 0.441 e. The van der Waals surface area contributed by atoms with Gasteiger partial charge in [-0.05, 0) is 75.9 Å². The van der Waals surface area contributed by atoms with Crippen molar-refractivity contribution in [3.8, 4) is 11.5 Å². The summed E-state index contributed by atoms with van der Waals surface area (Å²) < 4.78 is 5.91. The Morgan fingerprint density at radius 3 is 2.73 bits per heavy atom. The third kappa shape index (κ3) is 6.46. The molecule has 1 saturated heterocycles. The van der Waals surface area contributed by atoms with Crippen molar-refractivity contribution in [2.75, 3.05) is 13.1 Å². The summed E-state index contributed by atoms with van der Waals surface area (Å²) in [5.41, 5.74) is 3.15. The molecule has 0 radical (unpaired) electrons. The van der Waals surface area contributed by atoms with Gasteiger partial charge in [-0.15, -0.1) is 0 Å². The van der Waals surface area contributed by atoms with Crippen molar-refractivity contribution in [3.63, 3.8) is 0 Å². The van der Waals surface area contributed by atoms with Gasteiger partial charge in [0.05, 0.1) is 11.6 Å². The fourth-order valence-electron chi connectivity index (χ4n) is 4.38. The molecule has 6 heteroatoms. The zero-order valence-electron chi connectivity index (χ0n) is 19.4. The number of nitrogens with zero attached hydrogens (tertiary/aromatic N) is 2. The molecule has 33 heavy (non-hydrogen) atoms. The summed E-state index contributed by atoms with van der Waals surface area (Å²) in [6, 6.07) is 18.1. The Morgan fingerprint density at radius 1 is 1.21 bits per heavy atom. The number of carbonyl (C=O) groups excluding carboxylic acids is 1. The van der Waals surface area contributed by atoms with Crippen LogP contribution < -0.4 is 5.32 Å². The summed E-state index contributed by atoms with van der Waals surface area (Å²) in [7, 11) is 0. The molecule has 1 aromatic heterocycles. The molecule has 2 aromatic carbocycles. The van der Waals surface area contributed by atoms with Crippen molar-refractivity contribution < 1.29 is 9.21 Å². The average molecular weight is 466 g/mol. The molecular formula is C27H32ClN3O2. The molecule has 4 rings (SSSR count). The second kappa shape index (κ2) is 11.0. The lowest BCUT2D eigenvalue weighted by Crippen LogP contribution is -2.45. The quantitative estimate of drug-likeness (QED) is 0.466. The van der Waals surface area contributed by atoms with E-state index in [2.05, 4.69) is 41.4 Å². The molecule has 0 saturated carbocycles. The molecule has 0 bridgehead atoms. The van der Waals surface area contributed by atoms with E-state index in [9.17, 15) is 4.79 Å². The van der Waals surface area contributed by atoms with Crippen molar-refractivity contribution in [2.24, 2.45) is 5.92 Å². The van der Waals surface area contributed by atoms with E-state index < -0.39 is 0 Å². The molecule has 3 aromatic rings. The van der Waals surface area contributed by atoms with E-state index in [-0.39, 0.29) is 17.9 Å². The standard InChI is InChI=1S/C27H32ClN3O2/c1-19(10-11-21-7-4-3-5-8-21)29-26(32)23-9-6-16-31(17-23)18-25-20(2)33-27(30-25)22-12-14-24(28)15-13-22/h3-5,7-8,12-15,19,23H,6,9-11,16-18H2,1-2H3,(H,29,32)/t19-,23+/m0/s1. The summed E-state index contributed by atoms with van der Waals surface area (Å²) in [6.07, 6.45) is 3.86. The third-order valence-corrected chi connectivity index (χ3v) is 6.58. The molecule has 1 aliphatic heterocycles. The summed E-state index contributed by atoms with van der Waals surface area (Å²) >= 11 is 5.99. The Morgan fingerprint density at radius 2 is 1.97 bits per heavy atom. The third-order valence-electron chi connectivity index (χ3n) is 6.33. The minimum absolute atomic E-state index is 0.0147. The molecule has 174 valence electrons. The number of likely N-dealkylation sites (tertiary alicyclic amines) is 1. The first kappa shape index (κ1) is 23.5. The SMILES string of the molecule is Cc1oc(-c2ccc(Cl)cc2)nc1CN1CCC[C@@H](C(=O)N[C@@H](C)CCc2ccccc2)C1. The molecule has 0 spiro atoms. The van der Waals surface area contributed by atoms with Crippen LogP contribution >= 0.6 is 11.6 Å². The number of amides is 1. The maximum atomic E-state index is 12.9. The van der Waals surface area contributed by atoms with Gasteiger partial charge in [0.25, 0.3) is 0 Å². The van der Waals surface area contributed by atoms with Gasteiger partial charge in [0.2, 0.25) is 11.8 Å². The molecule has 1 aliphatic rings. The van der Waals surface area contributed by atoms with E-state index in [4.69, 9.17) is 21.0 Å². The normalized spacial score (nSPS) is 17.6. The van der Waals surface area contributed by atoms with Crippen LogP contribution in [0.3, 0.4) is 0 Å². The number of aryl methyl sites for hydroxylation is 2. The van der Waals surface area contributed by atoms with E-state index in [1.807, 2.05) is 37.3 Å². The van der Waals surface area contributed by atoms with Crippen molar-refractivity contribution in [2.45, 2.75) is 52.1 Å². The Kier molecular flexibility index (Phi) is 7.84. The Labute approximate surface area is 201 Å². The predicted octanol–water partition coefficient (Wildman–Crippen LogP) is 5.65. The first-order valence-electron chi connectivity index (χ1n) is 11.8. The van der Waals surface area contributed by atoms with Gasteiger partial charge in [0, 0.05) is 29.7 Å². The van der Waals surface area contributed by atoms with Crippen molar-refractivity contribution >= 4 is 17.5 Å². The fraction of sp³-hybridized carbons (Fsp3) is 0.407. The van der Waals surface area contributed by atoms with E-state index in [1.54, 1.807) is 0 Å². The van der Waals surface area contributed by atoms with Gasteiger partial charge in [-0.1, -0.05) is 41.9 Å². The molecule has 1 N–H and O–H groups in total. The van der Waals surface area contributed by atoms with Gasteiger partial charge < -0.3 is 9.73 Å². The first-order chi connectivity index (χ1) is 16.0. The van der Waals surface area contributed by atoms with Crippen molar-refractivity contribution in [1.29, 1.82) is 0 Å². The topological polar surface area (TPSA) is 58.4 Å². The second-order valence-corrected chi connectivity index (χ2v) is 9.47. The van der Waals surface area contributed by atoms with Gasteiger partial charge in [0.1, 0.15) is 5.76 Å². The smallest absolute Gasteiger partial charge is 0.226 e. The molecule has 1 fully saturated rings.